The van der Waals surface area contributed by atoms with Gasteiger partial charge >= 0.3 is 0 Å². The van der Waals surface area contributed by atoms with Crippen LogP contribution in [0.5, 0.6) is 17.2 Å². The number of carbonyl (C=O) groups excluding carboxylic acids is 1. The van der Waals surface area contributed by atoms with Crippen molar-refractivity contribution in [2.75, 3.05) is 25.0 Å². The number of sulfonamides is 1. The van der Waals surface area contributed by atoms with Crippen LogP contribution in [0.1, 0.15) is 10.4 Å². The maximum atomic E-state index is 13.0. The van der Waals surface area contributed by atoms with Crippen LogP contribution in [0.25, 0.3) is 0 Å². The van der Waals surface area contributed by atoms with Crippen molar-refractivity contribution in [3.8, 4) is 17.2 Å². The maximum Gasteiger partial charge on any atom is 0.263 e. The minimum absolute atomic E-state index is 0.0189. The molecule has 0 fully saturated rings. The van der Waals surface area contributed by atoms with Gasteiger partial charge in [-0.05, 0) is 42.5 Å². The minimum atomic E-state index is -4.09. The van der Waals surface area contributed by atoms with Crippen molar-refractivity contribution in [2.24, 2.45) is 0 Å². The minimum Gasteiger partial charge on any atom is -0.495 e. The van der Waals surface area contributed by atoms with Crippen LogP contribution in [0.15, 0.2) is 71.6 Å². The second-order valence-electron chi connectivity index (χ2n) is 7.16. The second kappa shape index (κ2) is 9.60. The molecule has 33 heavy (non-hydrogen) atoms. The Morgan fingerprint density at radius 3 is 2.61 bits per heavy atom. The van der Waals surface area contributed by atoms with Gasteiger partial charge in [0.1, 0.15) is 23.4 Å². The Morgan fingerprint density at radius 1 is 1.09 bits per heavy atom. The van der Waals surface area contributed by atoms with Crippen molar-refractivity contribution in [3.63, 3.8) is 0 Å². The summed E-state index contributed by atoms with van der Waals surface area (Å²) in [5, 5.41) is 2.72. The van der Waals surface area contributed by atoms with E-state index in [4.69, 9.17) is 25.8 Å². The average Bonchev–Trinajstić information content (AvgIpc) is 2.82. The lowest BCUT2D eigenvalue weighted by Gasteiger charge is -2.26. The van der Waals surface area contributed by atoms with Crippen LogP contribution in [0.4, 0.5) is 5.69 Å². The van der Waals surface area contributed by atoms with E-state index < -0.39 is 15.9 Å². The molecular weight excluding hydrogens is 468 g/mol. The average molecular weight is 489 g/mol. The summed E-state index contributed by atoms with van der Waals surface area (Å²) in [5.74, 6) is 1.13. The maximum absolute atomic E-state index is 13.0. The molecule has 0 spiro atoms. The first-order valence-electron chi connectivity index (χ1n) is 9.99. The summed E-state index contributed by atoms with van der Waals surface area (Å²) in [4.78, 5) is 12.5. The summed E-state index contributed by atoms with van der Waals surface area (Å²) in [6.07, 6.45) is -0.383. The molecule has 8 nitrogen and oxygen atoms in total. The first-order chi connectivity index (χ1) is 15.9. The molecule has 172 valence electrons. The molecule has 1 aliphatic heterocycles. The number of halogens is 1. The Balaban J connectivity index is 1.47. The van der Waals surface area contributed by atoms with Gasteiger partial charge in [-0.2, -0.15) is 0 Å². The molecule has 0 aromatic heterocycles. The number of fused-ring (bicyclic) bond motifs is 1. The van der Waals surface area contributed by atoms with Gasteiger partial charge in [0.25, 0.3) is 15.9 Å². The molecule has 0 saturated carbocycles. The van der Waals surface area contributed by atoms with Crippen LogP contribution in [0.3, 0.4) is 0 Å². The molecule has 1 atom stereocenters. The van der Waals surface area contributed by atoms with Crippen molar-refractivity contribution in [1.82, 2.24) is 5.32 Å². The van der Waals surface area contributed by atoms with Crippen LogP contribution in [0.2, 0.25) is 5.02 Å². The van der Waals surface area contributed by atoms with E-state index in [9.17, 15) is 13.2 Å². The quantitative estimate of drug-likeness (QED) is 0.525. The van der Waals surface area contributed by atoms with Gasteiger partial charge in [-0.15, -0.1) is 0 Å². The Labute approximate surface area is 196 Å². The molecule has 4 rings (SSSR count). The molecule has 2 N–H and O–H groups in total. The molecule has 1 amide bonds. The molecule has 1 aliphatic rings. The van der Waals surface area contributed by atoms with Gasteiger partial charge in [0.15, 0.2) is 11.5 Å². The summed E-state index contributed by atoms with van der Waals surface area (Å²) >= 11 is 6.15. The normalized spacial score (nSPS) is 14.9. The molecule has 10 heteroatoms. The van der Waals surface area contributed by atoms with Gasteiger partial charge in [-0.1, -0.05) is 35.9 Å². The number of nitrogens with one attached hydrogen (secondary N) is 2. The third-order valence-corrected chi connectivity index (χ3v) is 6.74. The van der Waals surface area contributed by atoms with E-state index in [2.05, 4.69) is 10.0 Å². The van der Waals surface area contributed by atoms with Gasteiger partial charge in [0.2, 0.25) is 0 Å². The van der Waals surface area contributed by atoms with Crippen LogP contribution < -0.4 is 24.2 Å². The zero-order chi connectivity index (χ0) is 23.4. The topological polar surface area (TPSA) is 103 Å². The third-order valence-electron chi connectivity index (χ3n) is 4.89. The fourth-order valence-corrected chi connectivity index (χ4v) is 4.85. The summed E-state index contributed by atoms with van der Waals surface area (Å²) < 4.78 is 45.0. The molecule has 0 radical (unpaired) electrons. The number of methoxy groups -OCH3 is 1. The lowest BCUT2D eigenvalue weighted by molar-refractivity contribution is 0.0789. The summed E-state index contributed by atoms with van der Waals surface area (Å²) in [5.41, 5.74) is 0.387. The van der Waals surface area contributed by atoms with Crippen LogP contribution in [-0.4, -0.2) is 40.7 Å². The number of hydrogen-bond donors (Lipinski definition) is 2. The van der Waals surface area contributed by atoms with Gasteiger partial charge in [-0.3, -0.25) is 9.52 Å². The van der Waals surface area contributed by atoms with E-state index in [-0.39, 0.29) is 40.4 Å². The molecule has 1 heterocycles. The van der Waals surface area contributed by atoms with E-state index >= 15 is 0 Å². The molecule has 0 aliphatic carbocycles. The highest BCUT2D eigenvalue weighted by Gasteiger charge is 2.24. The van der Waals surface area contributed by atoms with Crippen molar-refractivity contribution in [3.05, 3.63) is 77.3 Å². The van der Waals surface area contributed by atoms with Gasteiger partial charge in [0.05, 0.1) is 24.4 Å². The lowest BCUT2D eigenvalue weighted by atomic mass is 10.2. The van der Waals surface area contributed by atoms with E-state index in [0.717, 1.165) is 0 Å². The predicted octanol–water partition coefficient (Wildman–Crippen LogP) is 3.72. The van der Waals surface area contributed by atoms with Crippen LogP contribution in [-0.2, 0) is 10.0 Å². The first-order valence-corrected chi connectivity index (χ1v) is 11.9. The Bertz CT molecular complexity index is 1280. The number of amides is 1. The number of para-hydroxylation sites is 4. The Morgan fingerprint density at radius 2 is 1.82 bits per heavy atom. The number of ether oxygens (including phenoxy) is 3. The van der Waals surface area contributed by atoms with E-state index in [1.807, 2.05) is 12.1 Å². The molecule has 0 bridgehead atoms. The van der Waals surface area contributed by atoms with Crippen molar-refractivity contribution < 1.29 is 27.4 Å². The zero-order valence-electron chi connectivity index (χ0n) is 17.6. The fourth-order valence-electron chi connectivity index (χ4n) is 3.25. The van der Waals surface area contributed by atoms with Gasteiger partial charge in [-0.25, -0.2) is 8.42 Å². The lowest BCUT2D eigenvalue weighted by Crippen LogP contribution is -2.40. The van der Waals surface area contributed by atoms with Crippen molar-refractivity contribution in [2.45, 2.75) is 11.0 Å². The van der Waals surface area contributed by atoms with E-state index in [1.165, 1.54) is 25.3 Å². The van der Waals surface area contributed by atoms with Crippen molar-refractivity contribution in [1.29, 1.82) is 0 Å². The highest BCUT2D eigenvalue weighted by Crippen LogP contribution is 2.31. The van der Waals surface area contributed by atoms with Crippen LogP contribution in [0, 0.1) is 0 Å². The number of rotatable bonds is 7. The monoisotopic (exact) mass is 488 g/mol. The molecule has 3 aromatic rings. The van der Waals surface area contributed by atoms with E-state index in [1.54, 1.807) is 36.4 Å². The fraction of sp³-hybridized carbons (Fsp3) is 0.174. The number of hydrogen-bond acceptors (Lipinski definition) is 6. The summed E-state index contributed by atoms with van der Waals surface area (Å²) in [7, 11) is -2.65. The zero-order valence-corrected chi connectivity index (χ0v) is 19.2. The highest BCUT2D eigenvalue weighted by molar-refractivity contribution is 7.92. The summed E-state index contributed by atoms with van der Waals surface area (Å²) in [6.45, 7) is 0.456. The smallest absolute Gasteiger partial charge is 0.263 e. The third kappa shape index (κ3) is 5.15. The number of carbonyl (C=O) groups is 1. The largest absolute Gasteiger partial charge is 0.495 e. The standard InChI is InChI=1S/C23H21ClN2O6S/c1-30-19-7-3-2-6-18(19)26-33(28,29)22-12-15(10-11-17(22)24)23(27)25-13-16-14-31-20-8-4-5-9-21(20)32-16/h2-12,16,26H,13-14H2,1H3,(H,25,27). The van der Waals surface area contributed by atoms with Gasteiger partial charge in [0, 0.05) is 5.56 Å². The molecule has 1 unspecified atom stereocenters. The second-order valence-corrected chi connectivity index (χ2v) is 9.22. The van der Waals surface area contributed by atoms with Crippen LogP contribution >= 0.6 is 11.6 Å². The number of anilines is 1. The van der Waals surface area contributed by atoms with Gasteiger partial charge < -0.3 is 19.5 Å². The summed E-state index contributed by atoms with van der Waals surface area (Å²) in [6, 6.07) is 17.9. The molecule has 3 aromatic carbocycles. The van der Waals surface area contributed by atoms with Crippen molar-refractivity contribution >= 4 is 33.2 Å². The SMILES string of the molecule is COc1ccccc1NS(=O)(=O)c1cc(C(=O)NCC2COc3ccccc3O2)ccc1Cl. The van der Waals surface area contributed by atoms with E-state index in [0.29, 0.717) is 17.2 Å². The Kier molecular flexibility index (Phi) is 6.62. The number of benzene rings is 3. The highest BCUT2D eigenvalue weighted by atomic mass is 35.5. The first kappa shape index (κ1) is 22.8. The molecular formula is C23H21ClN2O6S. The predicted molar refractivity (Wildman–Crippen MR) is 124 cm³/mol. The Hall–Kier alpha value is -3.43. The molecule has 0 saturated heterocycles.